The van der Waals surface area contributed by atoms with Gasteiger partial charge in [0.1, 0.15) is 0 Å². The summed E-state index contributed by atoms with van der Waals surface area (Å²) in [6, 6.07) is 10.7. The number of hydrogen-bond acceptors (Lipinski definition) is 3. The number of fused-ring (bicyclic) bond motifs is 1. The second-order valence-corrected chi connectivity index (χ2v) is 12.3. The molecule has 1 aromatic heterocycles. The molecule has 0 spiro atoms. The van der Waals surface area contributed by atoms with Crippen LogP contribution in [-0.4, -0.2) is 47.1 Å². The summed E-state index contributed by atoms with van der Waals surface area (Å²) in [5, 5.41) is 2.12. The van der Waals surface area contributed by atoms with E-state index >= 15 is 0 Å². The van der Waals surface area contributed by atoms with Gasteiger partial charge in [-0.25, -0.2) is 0 Å². The Morgan fingerprint density at radius 1 is 1.12 bits per heavy atom. The van der Waals surface area contributed by atoms with Crippen LogP contribution in [0.3, 0.4) is 0 Å². The molecule has 0 fully saturated rings. The first kappa shape index (κ1) is 26.7. The fraction of sp³-hybridized carbons (Fsp3) is 0.571. The Hall–Kier alpha value is -1.85. The second-order valence-electron chi connectivity index (χ2n) is 11.0. The molecule has 4 nitrogen and oxygen atoms in total. The Kier molecular flexibility index (Phi) is 8.51. The molecule has 6 heteroatoms. The van der Waals surface area contributed by atoms with E-state index < -0.39 is 5.41 Å². The number of carbonyl (C=O) groups excluding carboxylic acids is 2. The van der Waals surface area contributed by atoms with Gasteiger partial charge < -0.3 is 9.80 Å². The van der Waals surface area contributed by atoms with Crippen LogP contribution in [0.1, 0.15) is 82.0 Å². The zero-order chi connectivity index (χ0) is 25.1. The van der Waals surface area contributed by atoms with Crippen molar-refractivity contribution in [1.82, 2.24) is 9.80 Å². The van der Waals surface area contributed by atoms with Crippen molar-refractivity contribution < 1.29 is 9.59 Å². The third kappa shape index (κ3) is 5.85. The highest BCUT2D eigenvalue weighted by Crippen LogP contribution is 2.38. The molecule has 1 aliphatic heterocycles. The zero-order valence-corrected chi connectivity index (χ0v) is 23.1. The summed E-state index contributed by atoms with van der Waals surface area (Å²) in [4.78, 5) is 32.0. The average Bonchev–Trinajstić information content (AvgIpc) is 3.29. The molecule has 186 valence electrons. The second kappa shape index (κ2) is 10.8. The largest absolute Gasteiger partial charge is 0.333 e. The van der Waals surface area contributed by atoms with Crippen LogP contribution < -0.4 is 0 Å². The van der Waals surface area contributed by atoms with Crippen LogP contribution >= 0.6 is 22.9 Å². The van der Waals surface area contributed by atoms with Crippen LogP contribution in [0.2, 0.25) is 0 Å². The standard InChI is InChI=1S/C28H39ClN2O2S/c1-7-8-15-30(26(33)28(5,6)19-29)18-24(32)31-16-13-23-22(14-17-34-23)25(31)20-9-11-21(12-10-20)27(2,3)4/h9-12,14,17,25H,7-8,13,15-16,18-19H2,1-6H3. The zero-order valence-electron chi connectivity index (χ0n) is 21.5. The van der Waals surface area contributed by atoms with Crippen LogP contribution in [0.5, 0.6) is 0 Å². The molecule has 0 N–H and O–H groups in total. The molecule has 0 aliphatic carbocycles. The predicted octanol–water partition coefficient (Wildman–Crippen LogP) is 6.41. The number of amides is 2. The molecule has 1 aromatic carbocycles. The maximum Gasteiger partial charge on any atom is 0.242 e. The fourth-order valence-corrected chi connectivity index (χ4v) is 5.47. The smallest absolute Gasteiger partial charge is 0.242 e. The van der Waals surface area contributed by atoms with Gasteiger partial charge in [-0.2, -0.15) is 0 Å². The van der Waals surface area contributed by atoms with E-state index in [1.54, 1.807) is 16.2 Å². The summed E-state index contributed by atoms with van der Waals surface area (Å²) in [5.74, 6) is 0.174. The normalized spacial score (nSPS) is 16.3. The number of alkyl halides is 1. The summed E-state index contributed by atoms with van der Waals surface area (Å²) in [6.07, 6.45) is 2.68. The first-order valence-electron chi connectivity index (χ1n) is 12.3. The van der Waals surface area contributed by atoms with E-state index in [0.717, 1.165) is 24.8 Å². The van der Waals surface area contributed by atoms with Gasteiger partial charge in [0.05, 0.1) is 18.0 Å². The van der Waals surface area contributed by atoms with E-state index in [1.807, 2.05) is 18.7 Å². The molecular formula is C28H39ClN2O2S. The molecule has 34 heavy (non-hydrogen) atoms. The summed E-state index contributed by atoms with van der Waals surface area (Å²) in [5.41, 5.74) is 2.98. The molecule has 0 bridgehead atoms. The quantitative estimate of drug-likeness (QED) is 0.391. The number of benzene rings is 1. The number of halogens is 1. The SMILES string of the molecule is CCCCN(CC(=O)N1CCc2sccc2C1c1ccc(C(C)(C)C)cc1)C(=O)C(C)(C)CCl. The number of hydrogen-bond donors (Lipinski definition) is 0. The van der Waals surface area contributed by atoms with E-state index in [0.29, 0.717) is 13.1 Å². The van der Waals surface area contributed by atoms with E-state index in [1.165, 1.54) is 16.0 Å². The number of carbonyl (C=O) groups is 2. The van der Waals surface area contributed by atoms with E-state index in [2.05, 4.69) is 63.4 Å². The van der Waals surface area contributed by atoms with Crippen molar-refractivity contribution in [2.45, 2.75) is 72.3 Å². The van der Waals surface area contributed by atoms with Crippen molar-refractivity contribution >= 4 is 34.8 Å². The van der Waals surface area contributed by atoms with E-state index in [9.17, 15) is 9.59 Å². The Morgan fingerprint density at radius 2 is 1.79 bits per heavy atom. The van der Waals surface area contributed by atoms with E-state index in [-0.39, 0.29) is 35.7 Å². The third-order valence-corrected chi connectivity index (χ3v) is 8.35. The van der Waals surface area contributed by atoms with Crippen molar-refractivity contribution in [3.05, 3.63) is 57.3 Å². The van der Waals surface area contributed by atoms with Crippen LogP contribution in [0, 0.1) is 5.41 Å². The van der Waals surface area contributed by atoms with Crippen LogP contribution in [0.25, 0.3) is 0 Å². The van der Waals surface area contributed by atoms with Crippen molar-refractivity contribution in [3.63, 3.8) is 0 Å². The summed E-state index contributed by atoms with van der Waals surface area (Å²) >= 11 is 7.87. The van der Waals surface area contributed by atoms with Gasteiger partial charge in [0, 0.05) is 23.8 Å². The maximum absolute atomic E-state index is 13.7. The summed E-state index contributed by atoms with van der Waals surface area (Å²) in [7, 11) is 0. The molecule has 0 saturated heterocycles. The lowest BCUT2D eigenvalue weighted by Crippen LogP contribution is -2.50. The van der Waals surface area contributed by atoms with Crippen molar-refractivity contribution in [3.8, 4) is 0 Å². The van der Waals surface area contributed by atoms with Gasteiger partial charge in [-0.15, -0.1) is 22.9 Å². The van der Waals surface area contributed by atoms with Gasteiger partial charge in [0.2, 0.25) is 11.8 Å². The average molecular weight is 503 g/mol. The number of unbranched alkanes of at least 4 members (excludes halogenated alkanes) is 1. The molecule has 1 atom stereocenters. The number of nitrogens with zero attached hydrogens (tertiary/aromatic N) is 2. The number of thiophene rings is 1. The lowest BCUT2D eigenvalue weighted by molar-refractivity contribution is -0.146. The minimum absolute atomic E-state index is 0.00317. The Balaban J connectivity index is 1.91. The van der Waals surface area contributed by atoms with Gasteiger partial charge in [-0.05, 0) is 60.2 Å². The lowest BCUT2D eigenvalue weighted by Gasteiger charge is -2.38. The molecule has 2 heterocycles. The van der Waals surface area contributed by atoms with Gasteiger partial charge in [-0.3, -0.25) is 9.59 Å². The molecule has 3 rings (SSSR count). The van der Waals surface area contributed by atoms with Crippen LogP contribution in [0.15, 0.2) is 35.7 Å². The molecule has 1 unspecified atom stereocenters. The fourth-order valence-electron chi connectivity index (χ4n) is 4.45. The Labute approximate surface area is 214 Å². The highest BCUT2D eigenvalue weighted by molar-refractivity contribution is 7.10. The third-order valence-electron chi connectivity index (χ3n) is 6.69. The first-order valence-corrected chi connectivity index (χ1v) is 13.7. The Bertz CT molecular complexity index is 991. The summed E-state index contributed by atoms with van der Waals surface area (Å²) in [6.45, 7) is 13.7. The van der Waals surface area contributed by atoms with Crippen LogP contribution in [-0.2, 0) is 21.4 Å². The van der Waals surface area contributed by atoms with Crippen molar-refractivity contribution in [2.24, 2.45) is 5.41 Å². The maximum atomic E-state index is 13.7. The first-order chi connectivity index (χ1) is 16.0. The van der Waals surface area contributed by atoms with Gasteiger partial charge in [0.15, 0.2) is 0 Å². The molecule has 1 aliphatic rings. The predicted molar refractivity (Wildman–Crippen MR) is 143 cm³/mol. The summed E-state index contributed by atoms with van der Waals surface area (Å²) < 4.78 is 0. The minimum atomic E-state index is -0.694. The molecule has 0 radical (unpaired) electrons. The molecule has 0 saturated carbocycles. The number of rotatable bonds is 8. The Morgan fingerprint density at radius 3 is 2.38 bits per heavy atom. The topological polar surface area (TPSA) is 40.6 Å². The molecular weight excluding hydrogens is 464 g/mol. The minimum Gasteiger partial charge on any atom is -0.333 e. The highest BCUT2D eigenvalue weighted by Gasteiger charge is 2.36. The van der Waals surface area contributed by atoms with Crippen molar-refractivity contribution in [1.29, 1.82) is 0 Å². The lowest BCUT2D eigenvalue weighted by atomic mass is 9.85. The van der Waals surface area contributed by atoms with Crippen LogP contribution in [0.4, 0.5) is 0 Å². The van der Waals surface area contributed by atoms with Crippen molar-refractivity contribution in [2.75, 3.05) is 25.5 Å². The highest BCUT2D eigenvalue weighted by atomic mass is 35.5. The molecule has 2 aromatic rings. The van der Waals surface area contributed by atoms with Gasteiger partial charge >= 0.3 is 0 Å². The van der Waals surface area contributed by atoms with Gasteiger partial charge in [-0.1, -0.05) is 58.4 Å². The van der Waals surface area contributed by atoms with E-state index in [4.69, 9.17) is 11.6 Å². The van der Waals surface area contributed by atoms with Gasteiger partial charge in [0.25, 0.3) is 0 Å². The molecule has 2 amide bonds. The monoisotopic (exact) mass is 502 g/mol.